The van der Waals surface area contributed by atoms with Crippen molar-refractivity contribution in [3.63, 3.8) is 0 Å². The van der Waals surface area contributed by atoms with Crippen LogP contribution >= 0.6 is 0 Å². The first-order valence-electron chi connectivity index (χ1n) is 6.70. The number of nitrogens with one attached hydrogen (secondary N) is 1. The van der Waals surface area contributed by atoms with Crippen molar-refractivity contribution in [3.8, 4) is 6.07 Å². The molecule has 0 atom stereocenters. The van der Waals surface area contributed by atoms with E-state index in [2.05, 4.69) is 10.2 Å². The maximum atomic E-state index is 12.8. The molecule has 0 bridgehead atoms. The van der Waals surface area contributed by atoms with E-state index in [0.29, 0.717) is 5.69 Å². The van der Waals surface area contributed by atoms with Crippen LogP contribution < -0.4 is 5.32 Å². The molecule has 5 nitrogen and oxygen atoms in total. The molecule has 110 valence electrons. The van der Waals surface area contributed by atoms with E-state index in [-0.39, 0.29) is 11.4 Å². The number of nitriles is 1. The average Bonchev–Trinajstić information content (AvgIpc) is 2.49. The topological polar surface area (TPSA) is 59.4 Å². The summed E-state index contributed by atoms with van der Waals surface area (Å²) in [5, 5.41) is 11.7. The first-order valence-corrected chi connectivity index (χ1v) is 6.70. The van der Waals surface area contributed by atoms with Crippen LogP contribution in [0.4, 0.5) is 10.1 Å². The number of piperazine rings is 1. The van der Waals surface area contributed by atoms with Crippen molar-refractivity contribution in [2.24, 2.45) is 0 Å². The maximum absolute atomic E-state index is 12.8. The molecule has 21 heavy (non-hydrogen) atoms. The number of carbonyl (C=O) groups is 1. The van der Waals surface area contributed by atoms with Crippen molar-refractivity contribution in [2.45, 2.75) is 0 Å². The largest absolute Gasteiger partial charge is 0.374 e. The second-order valence-electron chi connectivity index (χ2n) is 4.95. The number of hydrogen-bond acceptors (Lipinski definition) is 4. The molecule has 1 fully saturated rings. The third-order valence-electron chi connectivity index (χ3n) is 3.32. The van der Waals surface area contributed by atoms with E-state index in [0.717, 1.165) is 26.2 Å². The summed E-state index contributed by atoms with van der Waals surface area (Å²) in [6.07, 6.45) is 1.59. The van der Waals surface area contributed by atoms with Crippen molar-refractivity contribution >= 4 is 11.6 Å². The lowest BCUT2D eigenvalue weighted by Crippen LogP contribution is -2.42. The number of amides is 1. The van der Waals surface area contributed by atoms with Gasteiger partial charge in [-0.3, -0.25) is 4.79 Å². The zero-order valence-electron chi connectivity index (χ0n) is 11.8. The number of nitrogens with zero attached hydrogens (tertiary/aromatic N) is 3. The van der Waals surface area contributed by atoms with Gasteiger partial charge in [-0.25, -0.2) is 4.39 Å². The number of carbonyl (C=O) groups excluding carboxylic acids is 1. The quantitative estimate of drug-likeness (QED) is 0.675. The summed E-state index contributed by atoms with van der Waals surface area (Å²) in [7, 11) is 2.04. The Bertz CT molecular complexity index is 568. The Balaban J connectivity index is 2.01. The first kappa shape index (κ1) is 15.0. The Kier molecular flexibility index (Phi) is 4.90. The van der Waals surface area contributed by atoms with Gasteiger partial charge in [0.05, 0.1) is 0 Å². The predicted octanol–water partition coefficient (Wildman–Crippen LogP) is 1.42. The van der Waals surface area contributed by atoms with Crippen LogP contribution in [0.25, 0.3) is 0 Å². The highest BCUT2D eigenvalue weighted by Crippen LogP contribution is 2.10. The van der Waals surface area contributed by atoms with Crippen LogP contribution in [0.2, 0.25) is 0 Å². The zero-order valence-corrected chi connectivity index (χ0v) is 11.8. The molecule has 1 N–H and O–H groups in total. The third kappa shape index (κ3) is 4.29. The summed E-state index contributed by atoms with van der Waals surface area (Å²) in [5.41, 5.74) is 0.504. The Morgan fingerprint density at radius 3 is 2.48 bits per heavy atom. The van der Waals surface area contributed by atoms with Crippen LogP contribution in [0.3, 0.4) is 0 Å². The van der Waals surface area contributed by atoms with Crippen molar-refractivity contribution in [3.05, 3.63) is 41.9 Å². The van der Waals surface area contributed by atoms with Gasteiger partial charge in [-0.15, -0.1) is 0 Å². The molecular weight excluding hydrogens is 271 g/mol. The van der Waals surface area contributed by atoms with Gasteiger partial charge in [0.2, 0.25) is 0 Å². The summed E-state index contributed by atoms with van der Waals surface area (Å²) in [5.74, 6) is -0.857. The maximum Gasteiger partial charge on any atom is 0.267 e. The van der Waals surface area contributed by atoms with E-state index >= 15 is 0 Å². The molecule has 0 aliphatic carbocycles. The molecule has 1 aromatic carbocycles. The number of benzene rings is 1. The van der Waals surface area contributed by atoms with Crippen LogP contribution in [-0.4, -0.2) is 48.9 Å². The van der Waals surface area contributed by atoms with E-state index in [1.807, 2.05) is 18.0 Å². The molecule has 1 aromatic rings. The molecule has 1 saturated heterocycles. The smallest absolute Gasteiger partial charge is 0.267 e. The second kappa shape index (κ2) is 6.86. The lowest BCUT2D eigenvalue weighted by molar-refractivity contribution is -0.112. The SMILES string of the molecule is CN1CCN(C=C(C#N)C(=O)Nc2ccc(F)cc2)CC1. The molecule has 1 amide bonds. The molecule has 0 unspecified atom stereocenters. The molecule has 0 spiro atoms. The first-order chi connectivity index (χ1) is 10.1. The normalized spacial score (nSPS) is 16.4. The minimum atomic E-state index is -0.483. The monoisotopic (exact) mass is 288 g/mol. The highest BCUT2D eigenvalue weighted by atomic mass is 19.1. The minimum Gasteiger partial charge on any atom is -0.374 e. The highest BCUT2D eigenvalue weighted by molar-refractivity contribution is 6.06. The molecule has 6 heteroatoms. The molecule has 0 aromatic heterocycles. The minimum absolute atomic E-state index is 0.0453. The van der Waals surface area contributed by atoms with E-state index in [1.54, 1.807) is 6.20 Å². The molecule has 1 aliphatic heterocycles. The fourth-order valence-electron chi connectivity index (χ4n) is 2.00. The summed E-state index contributed by atoms with van der Waals surface area (Å²) in [6, 6.07) is 7.34. The molecule has 1 aliphatic rings. The van der Waals surface area contributed by atoms with Gasteiger partial charge in [-0.1, -0.05) is 0 Å². The summed E-state index contributed by atoms with van der Waals surface area (Å²) in [6.45, 7) is 3.36. The van der Waals surface area contributed by atoms with E-state index in [1.165, 1.54) is 24.3 Å². The van der Waals surface area contributed by atoms with Gasteiger partial charge >= 0.3 is 0 Å². The van der Waals surface area contributed by atoms with Crippen molar-refractivity contribution in [2.75, 3.05) is 38.5 Å². The number of rotatable bonds is 3. The number of likely N-dealkylation sites (N-methyl/N-ethyl adjacent to an activating group) is 1. The Labute approximate surface area is 123 Å². The van der Waals surface area contributed by atoms with Crippen molar-refractivity contribution in [1.82, 2.24) is 9.80 Å². The number of hydrogen-bond donors (Lipinski definition) is 1. The second-order valence-corrected chi connectivity index (χ2v) is 4.95. The molecule has 0 saturated carbocycles. The molecule has 0 radical (unpaired) electrons. The van der Waals surface area contributed by atoms with Crippen LogP contribution in [0, 0.1) is 17.1 Å². The van der Waals surface area contributed by atoms with Gasteiger partial charge in [0.1, 0.15) is 17.5 Å². The van der Waals surface area contributed by atoms with Gasteiger partial charge in [-0.05, 0) is 31.3 Å². The molecular formula is C15H17FN4O. The van der Waals surface area contributed by atoms with Gasteiger partial charge in [0, 0.05) is 38.1 Å². The fourth-order valence-corrected chi connectivity index (χ4v) is 2.00. The Morgan fingerprint density at radius 2 is 1.90 bits per heavy atom. The van der Waals surface area contributed by atoms with Gasteiger partial charge < -0.3 is 15.1 Å². The van der Waals surface area contributed by atoms with E-state index in [9.17, 15) is 9.18 Å². The van der Waals surface area contributed by atoms with E-state index in [4.69, 9.17) is 5.26 Å². The zero-order chi connectivity index (χ0) is 15.2. The third-order valence-corrected chi connectivity index (χ3v) is 3.32. The Morgan fingerprint density at radius 1 is 1.29 bits per heavy atom. The summed E-state index contributed by atoms with van der Waals surface area (Å²) < 4.78 is 12.8. The molecule has 1 heterocycles. The summed E-state index contributed by atoms with van der Waals surface area (Å²) in [4.78, 5) is 16.2. The van der Waals surface area contributed by atoms with Crippen molar-refractivity contribution in [1.29, 1.82) is 5.26 Å². The highest BCUT2D eigenvalue weighted by Gasteiger charge is 2.15. The van der Waals surface area contributed by atoms with Crippen LogP contribution in [0.1, 0.15) is 0 Å². The van der Waals surface area contributed by atoms with Crippen LogP contribution in [0.5, 0.6) is 0 Å². The van der Waals surface area contributed by atoms with Gasteiger partial charge in [0.15, 0.2) is 0 Å². The van der Waals surface area contributed by atoms with Gasteiger partial charge in [-0.2, -0.15) is 5.26 Å². The fraction of sp³-hybridized carbons (Fsp3) is 0.333. The standard InChI is InChI=1S/C15H17FN4O/c1-19-6-8-20(9-7-19)11-12(10-17)15(21)18-14-4-2-13(16)3-5-14/h2-5,11H,6-9H2,1H3,(H,18,21). The van der Waals surface area contributed by atoms with Crippen LogP contribution in [-0.2, 0) is 4.79 Å². The van der Waals surface area contributed by atoms with Crippen LogP contribution in [0.15, 0.2) is 36.0 Å². The average molecular weight is 288 g/mol. The predicted molar refractivity (Wildman–Crippen MR) is 77.8 cm³/mol. The lowest BCUT2D eigenvalue weighted by Gasteiger charge is -2.31. The summed E-state index contributed by atoms with van der Waals surface area (Å²) >= 11 is 0. The lowest BCUT2D eigenvalue weighted by atomic mass is 10.2. The number of halogens is 1. The van der Waals surface area contributed by atoms with Gasteiger partial charge in [0.25, 0.3) is 5.91 Å². The molecule has 2 rings (SSSR count). The Hall–Kier alpha value is -2.39. The number of anilines is 1. The van der Waals surface area contributed by atoms with Crippen molar-refractivity contribution < 1.29 is 9.18 Å². The van der Waals surface area contributed by atoms with E-state index < -0.39 is 5.91 Å².